The number of hydrogen-bond acceptors (Lipinski definition) is 2. The Morgan fingerprint density at radius 1 is 1.46 bits per heavy atom. The number of nitriles is 1. The second-order valence-corrected chi connectivity index (χ2v) is 3.08. The maximum atomic E-state index is 11.6. The predicted molar refractivity (Wildman–Crippen MR) is 38.5 cm³/mol. The zero-order valence-corrected chi connectivity index (χ0v) is 7.20. The third kappa shape index (κ3) is 5.96. The SMILES string of the molecule is CC(C)(C#N)NC(=O)CC(F)(F)F. The molecular formula is C7H9F3N2O. The first-order chi connectivity index (χ1) is 5.66. The Hall–Kier alpha value is -1.25. The van der Waals surface area contributed by atoms with Crippen LogP contribution in [0.4, 0.5) is 13.2 Å². The Morgan fingerprint density at radius 3 is 2.23 bits per heavy atom. The summed E-state index contributed by atoms with van der Waals surface area (Å²) in [5.74, 6) is -1.20. The number of halogens is 3. The summed E-state index contributed by atoms with van der Waals surface area (Å²) in [6.07, 6.45) is -6.09. The third-order valence-electron chi connectivity index (χ3n) is 1.09. The molecule has 0 spiro atoms. The summed E-state index contributed by atoms with van der Waals surface area (Å²) in [5.41, 5.74) is -1.26. The van der Waals surface area contributed by atoms with E-state index in [9.17, 15) is 18.0 Å². The lowest BCUT2D eigenvalue weighted by Crippen LogP contribution is -2.43. The van der Waals surface area contributed by atoms with Crippen LogP contribution in [-0.4, -0.2) is 17.6 Å². The summed E-state index contributed by atoms with van der Waals surface area (Å²) in [5, 5.41) is 10.3. The van der Waals surface area contributed by atoms with Gasteiger partial charge in [0.2, 0.25) is 5.91 Å². The number of hydrogen-bond donors (Lipinski definition) is 1. The van der Waals surface area contributed by atoms with Gasteiger partial charge in [0.15, 0.2) is 0 Å². The molecule has 3 nitrogen and oxygen atoms in total. The third-order valence-corrected chi connectivity index (χ3v) is 1.09. The van der Waals surface area contributed by atoms with E-state index in [2.05, 4.69) is 0 Å². The van der Waals surface area contributed by atoms with Crippen molar-refractivity contribution in [2.45, 2.75) is 32.0 Å². The second-order valence-electron chi connectivity index (χ2n) is 3.08. The van der Waals surface area contributed by atoms with Gasteiger partial charge in [-0.1, -0.05) is 0 Å². The lowest BCUT2D eigenvalue weighted by Gasteiger charge is -2.17. The molecule has 1 amide bonds. The van der Waals surface area contributed by atoms with E-state index in [-0.39, 0.29) is 0 Å². The van der Waals surface area contributed by atoms with E-state index in [1.54, 1.807) is 6.07 Å². The first kappa shape index (κ1) is 11.8. The average molecular weight is 194 g/mol. The molecule has 0 saturated heterocycles. The van der Waals surface area contributed by atoms with E-state index < -0.39 is 24.0 Å². The Bertz CT molecular complexity index is 239. The molecule has 0 aromatic heterocycles. The number of carbonyl (C=O) groups is 1. The van der Waals surface area contributed by atoms with Crippen LogP contribution in [0, 0.1) is 11.3 Å². The molecule has 0 saturated carbocycles. The monoisotopic (exact) mass is 194 g/mol. The van der Waals surface area contributed by atoms with Gasteiger partial charge in [-0.25, -0.2) is 0 Å². The number of alkyl halides is 3. The van der Waals surface area contributed by atoms with Crippen molar-refractivity contribution in [3.8, 4) is 6.07 Å². The molecule has 0 radical (unpaired) electrons. The molecule has 0 heterocycles. The molecule has 0 aromatic rings. The van der Waals surface area contributed by atoms with Crippen molar-refractivity contribution in [2.75, 3.05) is 0 Å². The molecule has 0 atom stereocenters. The van der Waals surface area contributed by atoms with Crippen LogP contribution in [-0.2, 0) is 4.79 Å². The highest BCUT2D eigenvalue weighted by Crippen LogP contribution is 2.19. The van der Waals surface area contributed by atoms with Crippen molar-refractivity contribution in [1.29, 1.82) is 5.26 Å². The zero-order valence-electron chi connectivity index (χ0n) is 7.20. The molecule has 0 aliphatic heterocycles. The van der Waals surface area contributed by atoms with Crippen LogP contribution in [0.5, 0.6) is 0 Å². The van der Waals surface area contributed by atoms with Gasteiger partial charge in [0, 0.05) is 0 Å². The molecule has 13 heavy (non-hydrogen) atoms. The van der Waals surface area contributed by atoms with Gasteiger partial charge in [-0.05, 0) is 13.8 Å². The largest absolute Gasteiger partial charge is 0.397 e. The molecule has 0 fully saturated rings. The van der Waals surface area contributed by atoms with Crippen LogP contribution in [0.1, 0.15) is 20.3 Å². The van der Waals surface area contributed by atoms with Crippen LogP contribution in [0.3, 0.4) is 0 Å². The zero-order chi connectivity index (χ0) is 10.7. The molecule has 0 unspecified atom stereocenters. The molecule has 0 aromatic carbocycles. The van der Waals surface area contributed by atoms with Crippen LogP contribution >= 0.6 is 0 Å². The van der Waals surface area contributed by atoms with E-state index in [4.69, 9.17) is 5.26 Å². The summed E-state index contributed by atoms with van der Waals surface area (Å²) < 4.78 is 34.9. The molecule has 0 rings (SSSR count). The van der Waals surface area contributed by atoms with Crippen molar-refractivity contribution in [3.05, 3.63) is 0 Å². The fourth-order valence-electron chi connectivity index (χ4n) is 0.603. The fraction of sp³-hybridized carbons (Fsp3) is 0.714. The number of nitrogens with zero attached hydrogens (tertiary/aromatic N) is 1. The summed E-state index contributed by atoms with van der Waals surface area (Å²) >= 11 is 0. The van der Waals surface area contributed by atoms with Crippen molar-refractivity contribution in [2.24, 2.45) is 0 Å². The van der Waals surface area contributed by atoms with E-state index >= 15 is 0 Å². The number of carbonyl (C=O) groups excluding carboxylic acids is 1. The first-order valence-corrected chi connectivity index (χ1v) is 3.45. The Morgan fingerprint density at radius 2 is 1.92 bits per heavy atom. The van der Waals surface area contributed by atoms with Gasteiger partial charge in [-0.2, -0.15) is 18.4 Å². The van der Waals surface area contributed by atoms with Crippen LogP contribution in [0.2, 0.25) is 0 Å². The smallest absolute Gasteiger partial charge is 0.338 e. The maximum absolute atomic E-state index is 11.6. The lowest BCUT2D eigenvalue weighted by atomic mass is 10.1. The van der Waals surface area contributed by atoms with Gasteiger partial charge in [0.05, 0.1) is 6.07 Å². The van der Waals surface area contributed by atoms with Crippen molar-refractivity contribution >= 4 is 5.91 Å². The van der Waals surface area contributed by atoms with Crippen molar-refractivity contribution < 1.29 is 18.0 Å². The average Bonchev–Trinajstić information content (AvgIpc) is 1.81. The van der Waals surface area contributed by atoms with Crippen LogP contribution in [0.15, 0.2) is 0 Å². The maximum Gasteiger partial charge on any atom is 0.397 e. The summed E-state index contributed by atoms with van der Waals surface area (Å²) in [4.78, 5) is 10.7. The molecule has 6 heteroatoms. The quantitative estimate of drug-likeness (QED) is 0.721. The van der Waals surface area contributed by atoms with Crippen LogP contribution in [0.25, 0.3) is 0 Å². The highest BCUT2D eigenvalue weighted by molar-refractivity contribution is 5.77. The molecule has 74 valence electrons. The van der Waals surface area contributed by atoms with E-state index in [1.165, 1.54) is 13.8 Å². The van der Waals surface area contributed by atoms with Gasteiger partial charge in [-0.15, -0.1) is 0 Å². The molecule has 0 bridgehead atoms. The standard InChI is InChI=1S/C7H9F3N2O/c1-6(2,4-11)12-5(13)3-7(8,9)10/h3H2,1-2H3,(H,12,13). The molecular weight excluding hydrogens is 185 g/mol. The van der Waals surface area contributed by atoms with Gasteiger partial charge < -0.3 is 5.32 Å². The van der Waals surface area contributed by atoms with Gasteiger partial charge in [0.1, 0.15) is 12.0 Å². The highest BCUT2D eigenvalue weighted by Gasteiger charge is 2.33. The normalized spacial score (nSPS) is 12.0. The minimum Gasteiger partial charge on any atom is -0.338 e. The second kappa shape index (κ2) is 3.64. The molecule has 0 aliphatic carbocycles. The van der Waals surface area contributed by atoms with Crippen molar-refractivity contribution in [1.82, 2.24) is 5.32 Å². The minimum atomic E-state index is -4.53. The molecule has 0 aliphatic rings. The Labute approximate surface area is 73.5 Å². The van der Waals surface area contributed by atoms with E-state index in [0.29, 0.717) is 0 Å². The Balaban J connectivity index is 4.13. The number of amides is 1. The van der Waals surface area contributed by atoms with E-state index in [0.717, 1.165) is 0 Å². The number of nitrogens with one attached hydrogen (secondary N) is 1. The van der Waals surface area contributed by atoms with Gasteiger partial charge in [-0.3, -0.25) is 4.79 Å². The molecule has 1 N–H and O–H groups in total. The number of rotatable bonds is 2. The predicted octanol–water partition coefficient (Wildman–Crippen LogP) is 1.36. The van der Waals surface area contributed by atoms with Gasteiger partial charge in [0.25, 0.3) is 0 Å². The van der Waals surface area contributed by atoms with Gasteiger partial charge >= 0.3 is 6.18 Å². The topological polar surface area (TPSA) is 52.9 Å². The minimum absolute atomic E-state index is 1.20. The Kier molecular flexibility index (Phi) is 3.29. The highest BCUT2D eigenvalue weighted by atomic mass is 19.4. The van der Waals surface area contributed by atoms with E-state index in [1.807, 2.05) is 5.32 Å². The summed E-state index contributed by atoms with van der Waals surface area (Å²) in [6.45, 7) is 2.64. The summed E-state index contributed by atoms with van der Waals surface area (Å²) in [7, 11) is 0. The first-order valence-electron chi connectivity index (χ1n) is 3.45. The summed E-state index contributed by atoms with van der Waals surface area (Å²) in [6, 6.07) is 1.66. The lowest BCUT2D eigenvalue weighted by molar-refractivity contribution is -0.154. The van der Waals surface area contributed by atoms with Crippen molar-refractivity contribution in [3.63, 3.8) is 0 Å². The van der Waals surface area contributed by atoms with Crippen LogP contribution < -0.4 is 5.32 Å². The fourth-order valence-corrected chi connectivity index (χ4v) is 0.603.